The molecule has 31 nitrogen and oxygen atoms in total. The lowest BCUT2D eigenvalue weighted by Gasteiger charge is -2.41. The first-order valence-electron chi connectivity index (χ1n) is 37.0. The van der Waals surface area contributed by atoms with E-state index in [2.05, 4.69) is 31.9 Å². The average molecular weight is 1520 g/mol. The van der Waals surface area contributed by atoms with E-state index in [0.717, 1.165) is 23.8 Å². The molecule has 3 aromatic rings. The highest BCUT2D eigenvalue weighted by atomic mass is 19.1. The molecule has 0 saturated carbocycles. The average Bonchev–Trinajstić information content (AvgIpc) is 1.67. The number of aliphatic hydroxyl groups excluding tert-OH is 1. The van der Waals surface area contributed by atoms with E-state index >= 15 is 4.39 Å². The molecule has 13 N–H and O–H groups in total. The number of primary amides is 1. The van der Waals surface area contributed by atoms with Crippen molar-refractivity contribution in [1.82, 2.24) is 46.3 Å². The minimum absolute atomic E-state index is 0.0133. The van der Waals surface area contributed by atoms with Gasteiger partial charge in [-0.25, -0.2) is 8.78 Å². The molecule has 0 unspecified atom stereocenters. The number of aliphatic hydroxyl groups is 1. The van der Waals surface area contributed by atoms with Crippen LogP contribution < -0.4 is 49.1 Å². The van der Waals surface area contributed by atoms with E-state index in [1.54, 1.807) is 26.1 Å². The van der Waals surface area contributed by atoms with Gasteiger partial charge in [0, 0.05) is 94.6 Å². The van der Waals surface area contributed by atoms with Crippen molar-refractivity contribution in [2.75, 3.05) is 171 Å². The molecule has 1 fully saturated rings. The number of nitrogens with one attached hydrogen (secondary N) is 6. The largest absolute Gasteiger partial charge is 0.387 e. The highest BCUT2D eigenvalue weighted by molar-refractivity contribution is 5.96. The van der Waals surface area contributed by atoms with E-state index in [1.165, 1.54) is 9.80 Å². The number of aromatic nitrogens is 1. The number of likely N-dealkylation sites (tertiary alicyclic amines) is 1. The standard InChI is InChI=1S/C74H118F2N12O19/c1-53(2)68(72(97)81-25-12-28-88(67(94)52-89)69(74(3,4)5)62-47-55(57-48-56(75)17-18-58(57)76)51-86(62)50-54-13-7-6-8-14-54)85-71(96)61-16-11-27-87(61)73(98)60(49-63(79)90)84-66(93)21-31-101-37-43-107-46-40-104-34-26-82-70(95)59(83-65(92)20-30-100-36-42-106-45-39-103-33-23-78)15-9-10-24-80-64(91)19-29-99-35-41-105-44-38-102-32-22-77/h6-8,13-14,17-18,47-48,51,53,59-61,68-69,89H,9-12,15-16,19-46,49-50,52,77-78H2,1-5H3,(H2,79,90)(H,80,91)(H,81,97)(H,82,95)(H,83,92)(H,84,93)(H,85,96)/t59-,60-,61-,68-,69-/m0/s1. The Kier molecular flexibility index (Phi) is 45.6. The number of amides is 9. The molecule has 33 heteroatoms. The van der Waals surface area contributed by atoms with Crippen LogP contribution in [0.1, 0.15) is 116 Å². The number of carbonyl (C=O) groups is 9. The highest BCUT2D eigenvalue weighted by Gasteiger charge is 2.41. The molecule has 1 aliphatic heterocycles. The molecule has 602 valence electrons. The molecule has 9 amide bonds. The third-order valence-electron chi connectivity index (χ3n) is 16.8. The zero-order valence-corrected chi connectivity index (χ0v) is 63.0. The van der Waals surface area contributed by atoms with E-state index in [-0.39, 0.29) is 135 Å². The fourth-order valence-corrected chi connectivity index (χ4v) is 11.6. The van der Waals surface area contributed by atoms with Crippen LogP contribution in [0.3, 0.4) is 0 Å². The van der Waals surface area contributed by atoms with Crippen molar-refractivity contribution in [3.8, 4) is 11.1 Å². The van der Waals surface area contributed by atoms with Gasteiger partial charge in [-0.1, -0.05) is 65.0 Å². The minimum Gasteiger partial charge on any atom is -0.387 e. The molecule has 2 aromatic carbocycles. The summed E-state index contributed by atoms with van der Waals surface area (Å²) in [6, 6.07) is 9.30. The predicted octanol–water partition coefficient (Wildman–Crippen LogP) is 1.51. The molecular weight excluding hydrogens is 1400 g/mol. The first kappa shape index (κ1) is 91.7. The molecule has 0 radical (unpaired) electrons. The summed E-state index contributed by atoms with van der Waals surface area (Å²) in [6.07, 6.45) is 3.34. The van der Waals surface area contributed by atoms with Crippen LogP contribution in [0, 0.1) is 23.0 Å². The number of halogens is 2. The van der Waals surface area contributed by atoms with Gasteiger partial charge in [-0.2, -0.15) is 0 Å². The lowest BCUT2D eigenvalue weighted by Crippen LogP contribution is -2.57. The number of unbranched alkanes of at least 4 members (excludes halogenated alkanes) is 1. The van der Waals surface area contributed by atoms with E-state index in [0.29, 0.717) is 123 Å². The van der Waals surface area contributed by atoms with E-state index in [9.17, 15) is 52.6 Å². The summed E-state index contributed by atoms with van der Waals surface area (Å²) < 4.78 is 80.9. The third kappa shape index (κ3) is 36.9. The van der Waals surface area contributed by atoms with Crippen molar-refractivity contribution in [2.24, 2.45) is 28.5 Å². The normalized spacial score (nSPS) is 14.1. The van der Waals surface area contributed by atoms with Gasteiger partial charge in [-0.05, 0) is 79.7 Å². The van der Waals surface area contributed by atoms with Crippen LogP contribution in [-0.2, 0) is 92.3 Å². The van der Waals surface area contributed by atoms with E-state index in [4.69, 9.17) is 59.8 Å². The quantitative estimate of drug-likeness (QED) is 0.0358. The first-order chi connectivity index (χ1) is 51.5. The number of carbonyl (C=O) groups excluding carboxylic acids is 9. The fourth-order valence-electron chi connectivity index (χ4n) is 11.6. The van der Waals surface area contributed by atoms with Crippen molar-refractivity contribution in [3.05, 3.63) is 83.7 Å². The molecular formula is C74H118F2N12O19. The van der Waals surface area contributed by atoms with Crippen LogP contribution in [-0.4, -0.2) is 268 Å². The Morgan fingerprint density at radius 3 is 1.67 bits per heavy atom. The number of ether oxygens (including phenoxy) is 9. The van der Waals surface area contributed by atoms with Crippen LogP contribution in [0.25, 0.3) is 11.1 Å². The van der Waals surface area contributed by atoms with Gasteiger partial charge >= 0.3 is 0 Å². The second-order valence-electron chi connectivity index (χ2n) is 26.9. The summed E-state index contributed by atoms with van der Waals surface area (Å²) in [5.41, 5.74) is 17.6. The molecule has 2 heterocycles. The lowest BCUT2D eigenvalue weighted by atomic mass is 9.83. The lowest BCUT2D eigenvalue weighted by molar-refractivity contribution is -0.143. The van der Waals surface area contributed by atoms with Crippen molar-refractivity contribution in [1.29, 1.82) is 0 Å². The van der Waals surface area contributed by atoms with Gasteiger partial charge in [0.1, 0.15) is 42.4 Å². The molecule has 1 saturated heterocycles. The minimum atomic E-state index is -1.41. The Morgan fingerprint density at radius 1 is 0.607 bits per heavy atom. The summed E-state index contributed by atoms with van der Waals surface area (Å²) in [4.78, 5) is 123. The van der Waals surface area contributed by atoms with Crippen LogP contribution >= 0.6 is 0 Å². The Morgan fingerprint density at radius 2 is 1.13 bits per heavy atom. The van der Waals surface area contributed by atoms with Crippen LogP contribution in [0.2, 0.25) is 0 Å². The molecule has 1 aliphatic rings. The summed E-state index contributed by atoms with van der Waals surface area (Å²) in [5.74, 6) is -6.64. The van der Waals surface area contributed by atoms with E-state index < -0.39 is 108 Å². The summed E-state index contributed by atoms with van der Waals surface area (Å²) in [7, 11) is 0. The number of benzene rings is 2. The van der Waals surface area contributed by atoms with Crippen molar-refractivity contribution in [2.45, 2.75) is 136 Å². The first-order valence-corrected chi connectivity index (χ1v) is 37.0. The van der Waals surface area contributed by atoms with Crippen molar-refractivity contribution in [3.63, 3.8) is 0 Å². The van der Waals surface area contributed by atoms with Crippen LogP contribution in [0.4, 0.5) is 8.78 Å². The van der Waals surface area contributed by atoms with Gasteiger partial charge < -0.3 is 111 Å². The highest BCUT2D eigenvalue weighted by Crippen LogP contribution is 2.41. The molecule has 5 atom stereocenters. The summed E-state index contributed by atoms with van der Waals surface area (Å²) in [6.45, 7) is 15.2. The Labute approximate surface area is 627 Å². The fraction of sp³-hybridized carbons (Fsp3) is 0.662. The topological polar surface area (TPSA) is 419 Å². The zero-order chi connectivity index (χ0) is 78.2. The molecule has 0 bridgehead atoms. The van der Waals surface area contributed by atoms with Crippen LogP contribution in [0.15, 0.2) is 60.8 Å². The van der Waals surface area contributed by atoms with Gasteiger partial charge in [-0.3, -0.25) is 43.2 Å². The number of nitrogens with two attached hydrogens (primary N) is 3. The van der Waals surface area contributed by atoms with Gasteiger partial charge in [0.2, 0.25) is 53.2 Å². The van der Waals surface area contributed by atoms with Gasteiger partial charge in [0.05, 0.1) is 131 Å². The predicted molar refractivity (Wildman–Crippen MR) is 392 cm³/mol. The second kappa shape index (κ2) is 53.2. The Balaban J connectivity index is 1.18. The van der Waals surface area contributed by atoms with Crippen LogP contribution in [0.5, 0.6) is 0 Å². The van der Waals surface area contributed by atoms with Crippen molar-refractivity contribution < 1.29 is 99.7 Å². The monoisotopic (exact) mass is 1520 g/mol. The molecule has 0 aliphatic carbocycles. The number of hydrogen-bond acceptors (Lipinski definition) is 21. The molecule has 4 rings (SSSR count). The summed E-state index contributed by atoms with van der Waals surface area (Å²) in [5, 5.41) is 27.0. The van der Waals surface area contributed by atoms with Gasteiger partial charge in [0.15, 0.2) is 0 Å². The molecule has 107 heavy (non-hydrogen) atoms. The summed E-state index contributed by atoms with van der Waals surface area (Å²) >= 11 is 0. The molecule has 1 aromatic heterocycles. The maximum atomic E-state index is 15.3. The number of rotatable bonds is 59. The third-order valence-corrected chi connectivity index (χ3v) is 16.8. The zero-order valence-electron chi connectivity index (χ0n) is 63.0. The smallest absolute Gasteiger partial charge is 0.248 e. The maximum absolute atomic E-state index is 15.3. The van der Waals surface area contributed by atoms with Gasteiger partial charge in [0.25, 0.3) is 0 Å². The van der Waals surface area contributed by atoms with E-state index in [1.807, 2.05) is 55.7 Å². The Hall–Kier alpha value is -7.67. The number of hydrogen-bond donors (Lipinski definition) is 10. The molecule has 0 spiro atoms. The van der Waals surface area contributed by atoms with Gasteiger partial charge in [-0.15, -0.1) is 0 Å². The number of nitrogens with zero attached hydrogens (tertiary/aromatic N) is 3. The SMILES string of the molecule is CC(C)[C@H](NC(=O)[C@@H]1CCCN1C(=O)[C@H](CC(N)=O)NC(=O)CCOCCOCCOCCNC(=O)[C@H](CCCCNC(=O)CCOCCOCCOCCN)NC(=O)CCOCCOCCOCCN)C(=O)NCCCN(C(=O)CO)[C@@H](c1cc(-c2cc(F)ccc2F)cn1Cc1ccccc1)C(C)(C)C. The van der Waals surface area contributed by atoms with Crippen molar-refractivity contribution >= 4 is 53.2 Å². The second-order valence-corrected chi connectivity index (χ2v) is 26.9. The Bertz CT molecular complexity index is 3110. The maximum Gasteiger partial charge on any atom is 0.248 e.